The molecule has 0 aliphatic heterocycles. The largest absolute Gasteiger partial charge is 0.850 e. The maximum Gasteiger partial charge on any atom is 0.134 e. The van der Waals surface area contributed by atoms with Crippen LogP contribution in [-0.2, 0) is 16.8 Å². The number of rotatable bonds is 7. The Morgan fingerprint density at radius 3 is 1.28 bits per heavy atom. The van der Waals surface area contributed by atoms with Crippen molar-refractivity contribution in [1.82, 2.24) is 0 Å². The van der Waals surface area contributed by atoms with Crippen molar-refractivity contribution in [3.63, 3.8) is 0 Å². The molecule has 0 atom stereocenters. The summed E-state index contributed by atoms with van der Waals surface area (Å²) in [6, 6.07) is 0. The van der Waals surface area contributed by atoms with Gasteiger partial charge in [0.2, 0.25) is 0 Å². The van der Waals surface area contributed by atoms with Gasteiger partial charge in [-0.3, -0.25) is 0 Å². The van der Waals surface area contributed by atoms with Crippen molar-refractivity contribution in [1.29, 1.82) is 0 Å². The van der Waals surface area contributed by atoms with Gasteiger partial charge in [0, 0.05) is 7.11 Å². The Hall–Kier alpha value is 0.388. The number of hydrogen-bond donors (Lipinski definition) is 0. The molecule has 0 rings (SSSR count). The lowest BCUT2D eigenvalue weighted by atomic mass is 11.8. The quantitative estimate of drug-likeness (QED) is 0.395. The molecule has 0 aromatic rings. The van der Waals surface area contributed by atoms with Crippen molar-refractivity contribution in [2.24, 2.45) is 0 Å². The van der Waals surface area contributed by atoms with E-state index < -0.39 is 35.9 Å². The summed E-state index contributed by atoms with van der Waals surface area (Å²) in [6.45, 7) is 0.350. The third kappa shape index (κ3) is 8.48. The van der Waals surface area contributed by atoms with Crippen molar-refractivity contribution < 1.29 is 55.1 Å². The second kappa shape index (κ2) is 5.79. The molecule has 0 fully saturated rings. The molecule has 16 heteroatoms. The average molecular weight is 334 g/mol. The van der Waals surface area contributed by atoms with Gasteiger partial charge in [-0.05, 0) is 8.80 Å². The fraction of sp³-hybridized carbons (Fsp3) is 1.00. The normalized spacial score (nSPS) is 15.0. The molecule has 0 aromatic heterocycles. The summed E-state index contributed by atoms with van der Waals surface area (Å²) in [5.41, 5.74) is 0. The lowest BCUT2D eigenvalue weighted by Gasteiger charge is -2.65. The van der Waals surface area contributed by atoms with Crippen molar-refractivity contribution in [2.45, 2.75) is 6.55 Å². The van der Waals surface area contributed by atoms with Gasteiger partial charge in [0.15, 0.2) is 0 Å². The van der Waals surface area contributed by atoms with Crippen LogP contribution in [0.1, 0.15) is 0 Å². The molecular weight excluding hydrogens is 328 g/mol. The molecule has 0 bridgehead atoms. The van der Waals surface area contributed by atoms with Crippen LogP contribution in [0.4, 0.5) is 0 Å². The Balaban J connectivity index is 4.66. The molecule has 0 N–H and O–H groups in total. The Labute approximate surface area is 105 Å². The van der Waals surface area contributed by atoms with Crippen LogP contribution in [0.2, 0.25) is 6.55 Å². The first-order chi connectivity index (χ1) is 7.68. The molecular formula is C2H6O12Si4-8. The average Bonchev–Trinajstić information content (AvgIpc) is 1.93. The summed E-state index contributed by atoms with van der Waals surface area (Å²) in [5.74, 6) is 0. The van der Waals surface area contributed by atoms with E-state index >= 15 is 0 Å². The van der Waals surface area contributed by atoms with E-state index in [1.165, 1.54) is 0 Å². The molecule has 0 spiro atoms. The minimum Gasteiger partial charge on any atom is -0.850 e. The predicted octanol–water partition coefficient (Wildman–Crippen LogP) is -10.6. The topological polar surface area (TPSA) is 221 Å². The zero-order valence-electron chi connectivity index (χ0n) is 8.90. The molecule has 0 saturated heterocycles. The molecule has 0 radical (unpaired) electrons. The molecule has 18 heavy (non-hydrogen) atoms. The second-order valence-electron chi connectivity index (χ2n) is 2.87. The molecule has 0 saturated carbocycles. The highest BCUT2D eigenvalue weighted by Gasteiger charge is 2.18. The highest BCUT2D eigenvalue weighted by atomic mass is 28.5. The third-order valence-electron chi connectivity index (χ3n) is 1.06. The van der Waals surface area contributed by atoms with Gasteiger partial charge in [-0.1, -0.05) is 6.55 Å². The molecule has 0 heterocycles. The maximum absolute atomic E-state index is 10.8. The highest BCUT2D eigenvalue weighted by molar-refractivity contribution is 6.72. The van der Waals surface area contributed by atoms with E-state index in [1.54, 1.807) is 0 Å². The molecule has 0 aromatic carbocycles. The summed E-state index contributed by atoms with van der Waals surface area (Å²) in [5, 5.41) is 0. The lowest BCUT2D eigenvalue weighted by Crippen LogP contribution is -2.87. The monoisotopic (exact) mass is 334 g/mol. The maximum atomic E-state index is 10.8. The summed E-state index contributed by atoms with van der Waals surface area (Å²) in [7, 11) is -22.6. The van der Waals surface area contributed by atoms with E-state index in [0.717, 1.165) is 0 Å². The van der Waals surface area contributed by atoms with Gasteiger partial charge in [0.25, 0.3) is 0 Å². The Bertz CT molecular complexity index is 270. The standard InChI is InChI=1S/C2H6O12Si4/c1-11-16(5,6)13-18(9,10)14-17(7,8)12-15(2,3)4/h1-2H3/q-8. The molecule has 0 aliphatic rings. The summed E-state index contributed by atoms with van der Waals surface area (Å²) >= 11 is 0. The third-order valence-corrected chi connectivity index (χ3v) is 8.04. The Morgan fingerprint density at radius 1 is 0.611 bits per heavy atom. The van der Waals surface area contributed by atoms with E-state index in [-0.39, 0.29) is 0 Å². The van der Waals surface area contributed by atoms with Gasteiger partial charge in [0.05, 0.1) is 0 Å². The SMILES string of the molecule is CO[Si]([O-])([O-])O[Si]([O-])([O-])O[Si]([O-])([O-])O[Si](C)([O-])[O-]. The fourth-order valence-electron chi connectivity index (χ4n) is 0.617. The van der Waals surface area contributed by atoms with Gasteiger partial charge in [0.1, 0.15) is 27.1 Å². The van der Waals surface area contributed by atoms with Crippen molar-refractivity contribution in [2.75, 3.05) is 7.11 Å². The fourth-order valence-corrected chi connectivity index (χ4v) is 6.30. The molecule has 0 amide bonds. The first-order valence-electron chi connectivity index (χ1n) is 3.97. The summed E-state index contributed by atoms with van der Waals surface area (Å²) < 4.78 is 13.5. The van der Waals surface area contributed by atoms with E-state index in [4.69, 9.17) is 0 Å². The van der Waals surface area contributed by atoms with Crippen molar-refractivity contribution in [3.05, 3.63) is 0 Å². The van der Waals surface area contributed by atoms with Crippen LogP contribution in [0.5, 0.6) is 0 Å². The lowest BCUT2D eigenvalue weighted by molar-refractivity contribution is -0.496. The van der Waals surface area contributed by atoms with E-state index in [1.807, 2.05) is 0 Å². The minimum atomic E-state index is -6.23. The van der Waals surface area contributed by atoms with Crippen LogP contribution in [0.3, 0.4) is 0 Å². The van der Waals surface area contributed by atoms with Crippen LogP contribution in [-0.4, -0.2) is 43.1 Å². The van der Waals surface area contributed by atoms with Crippen LogP contribution >= 0.6 is 0 Å². The molecule has 0 unspecified atom stereocenters. The second-order valence-corrected chi connectivity index (χ2v) is 10.5. The Kier molecular flexibility index (Phi) is 5.92. The molecule has 0 aliphatic carbocycles. The van der Waals surface area contributed by atoms with Gasteiger partial charge in [-0.15, -0.1) is 0 Å². The molecule has 12 nitrogen and oxygen atoms in total. The number of hydrogen-bond acceptors (Lipinski definition) is 12. The van der Waals surface area contributed by atoms with Gasteiger partial charge < -0.3 is 55.1 Å². The summed E-state index contributed by atoms with van der Waals surface area (Å²) in [6.07, 6.45) is 0. The first-order valence-corrected chi connectivity index (χ1v) is 11.1. The zero-order chi connectivity index (χ0) is 14.8. The van der Waals surface area contributed by atoms with Crippen LogP contribution < -0.4 is 38.4 Å². The smallest absolute Gasteiger partial charge is 0.134 e. The van der Waals surface area contributed by atoms with Gasteiger partial charge in [-0.25, -0.2) is 0 Å². The molecule has 110 valence electrons. The van der Waals surface area contributed by atoms with Crippen LogP contribution in [0.15, 0.2) is 0 Å². The van der Waals surface area contributed by atoms with Crippen molar-refractivity contribution in [3.8, 4) is 0 Å². The highest BCUT2D eigenvalue weighted by Crippen LogP contribution is 2.02. The van der Waals surface area contributed by atoms with E-state index in [2.05, 4.69) is 16.8 Å². The van der Waals surface area contributed by atoms with Crippen LogP contribution in [0.25, 0.3) is 0 Å². The van der Waals surface area contributed by atoms with E-state index in [0.29, 0.717) is 13.7 Å². The predicted molar refractivity (Wildman–Crippen MR) is 39.1 cm³/mol. The first kappa shape index (κ1) is 18.4. The minimum absolute atomic E-state index is 0.350. The van der Waals surface area contributed by atoms with Gasteiger partial charge in [-0.2, -0.15) is 0 Å². The zero-order valence-corrected chi connectivity index (χ0v) is 12.9. The summed E-state index contributed by atoms with van der Waals surface area (Å²) in [4.78, 5) is 85.5. The Morgan fingerprint density at radius 2 is 0.944 bits per heavy atom. The van der Waals surface area contributed by atoms with E-state index in [9.17, 15) is 38.4 Å². The van der Waals surface area contributed by atoms with Gasteiger partial charge >= 0.3 is 0 Å². The van der Waals surface area contributed by atoms with Crippen molar-refractivity contribution >= 4 is 35.9 Å². The van der Waals surface area contributed by atoms with Crippen LogP contribution in [0, 0.1) is 0 Å².